The van der Waals surface area contributed by atoms with Crippen molar-refractivity contribution in [3.05, 3.63) is 29.9 Å². The lowest BCUT2D eigenvalue weighted by atomic mass is 10.1. The molecule has 0 atom stereocenters. The van der Waals surface area contributed by atoms with Gasteiger partial charge >= 0.3 is 0 Å². The van der Waals surface area contributed by atoms with Gasteiger partial charge in [0, 0.05) is 10.9 Å². The van der Waals surface area contributed by atoms with Gasteiger partial charge in [-0.15, -0.1) is 0 Å². The quantitative estimate of drug-likeness (QED) is 0.657. The van der Waals surface area contributed by atoms with E-state index in [0.29, 0.717) is 0 Å². The Labute approximate surface area is 83.8 Å². The third kappa shape index (κ3) is 1.03. The fourth-order valence-corrected chi connectivity index (χ4v) is 1.89. The monoisotopic (exact) mass is 202 g/mol. The minimum Gasteiger partial charge on any atom is -0.278 e. The average Bonchev–Trinajstić information content (AvgIpc) is 2.88. The molecular weight excluding hydrogens is 196 g/mol. The predicted molar refractivity (Wildman–Crippen MR) is 55.0 cm³/mol. The number of nitrogens with one attached hydrogen (secondary N) is 1. The Morgan fingerprint density at radius 2 is 2.29 bits per heavy atom. The van der Waals surface area contributed by atoms with Crippen molar-refractivity contribution in [2.24, 2.45) is 0 Å². The van der Waals surface area contributed by atoms with Crippen LogP contribution in [0.3, 0.4) is 0 Å². The Kier molecular flexibility index (Phi) is 1.57. The Balaban J connectivity index is 2.36. The molecule has 0 bridgehead atoms. The van der Waals surface area contributed by atoms with Gasteiger partial charge in [-0.05, 0) is 17.6 Å². The molecule has 0 unspecified atom stereocenters. The van der Waals surface area contributed by atoms with Crippen LogP contribution in [0, 0.1) is 0 Å². The first kappa shape index (κ1) is 7.64. The van der Waals surface area contributed by atoms with E-state index < -0.39 is 0 Å². The van der Waals surface area contributed by atoms with Crippen LogP contribution in [0.25, 0.3) is 22.3 Å². The smallest absolute Gasteiger partial charge is 0.173 e. The number of H-pyrrole nitrogens is 1. The zero-order valence-corrected chi connectivity index (χ0v) is 7.95. The Bertz CT molecular complexity index is 555. The fraction of sp³-hybridized carbons (Fsp3) is 0. The molecule has 0 saturated heterocycles. The van der Waals surface area contributed by atoms with Crippen LogP contribution in [0.5, 0.6) is 0 Å². The standard InChI is InChI=1S/C9H6N4S/c1-2-6(9-10-5-14-13-9)7-4-11-12-8(7)3-1/h1-5H,(H,11,12). The number of aromatic amines is 1. The average molecular weight is 202 g/mol. The number of benzene rings is 1. The Morgan fingerprint density at radius 1 is 1.29 bits per heavy atom. The molecule has 14 heavy (non-hydrogen) atoms. The van der Waals surface area contributed by atoms with Gasteiger partial charge in [0.2, 0.25) is 0 Å². The SMILES string of the molecule is c1cc(-c2ncsn2)c2cn[nH]c2c1. The van der Waals surface area contributed by atoms with Crippen LogP contribution in [0.4, 0.5) is 0 Å². The number of aromatic nitrogens is 4. The van der Waals surface area contributed by atoms with Crippen LogP contribution in [0.1, 0.15) is 0 Å². The normalized spacial score (nSPS) is 10.9. The van der Waals surface area contributed by atoms with Crippen molar-refractivity contribution in [3.8, 4) is 11.4 Å². The lowest BCUT2D eigenvalue weighted by Crippen LogP contribution is -1.80. The molecule has 4 nitrogen and oxygen atoms in total. The molecule has 2 heterocycles. The van der Waals surface area contributed by atoms with Gasteiger partial charge in [-0.2, -0.15) is 9.47 Å². The van der Waals surface area contributed by atoms with Crippen molar-refractivity contribution in [1.82, 2.24) is 19.6 Å². The van der Waals surface area contributed by atoms with Crippen LogP contribution in [-0.4, -0.2) is 19.6 Å². The molecule has 3 aromatic rings. The third-order valence-corrected chi connectivity index (χ3v) is 2.57. The van der Waals surface area contributed by atoms with Crippen LogP contribution < -0.4 is 0 Å². The second kappa shape index (κ2) is 2.88. The number of rotatable bonds is 1. The lowest BCUT2D eigenvalue weighted by molar-refractivity contribution is 1.12. The van der Waals surface area contributed by atoms with Gasteiger partial charge in [0.15, 0.2) is 5.82 Å². The molecule has 1 N–H and O–H groups in total. The van der Waals surface area contributed by atoms with Crippen LogP contribution in [-0.2, 0) is 0 Å². The van der Waals surface area contributed by atoms with Crippen molar-refractivity contribution < 1.29 is 0 Å². The molecule has 1 aromatic carbocycles. The van der Waals surface area contributed by atoms with Crippen molar-refractivity contribution in [2.75, 3.05) is 0 Å². The summed E-state index contributed by atoms with van der Waals surface area (Å²) in [7, 11) is 0. The van der Waals surface area contributed by atoms with E-state index in [9.17, 15) is 0 Å². The van der Waals surface area contributed by atoms with Gasteiger partial charge < -0.3 is 0 Å². The highest BCUT2D eigenvalue weighted by atomic mass is 32.1. The van der Waals surface area contributed by atoms with E-state index in [0.717, 1.165) is 22.3 Å². The van der Waals surface area contributed by atoms with E-state index in [1.165, 1.54) is 11.5 Å². The minimum absolute atomic E-state index is 0.766. The number of hydrogen-bond acceptors (Lipinski definition) is 4. The van der Waals surface area contributed by atoms with Crippen molar-refractivity contribution in [2.45, 2.75) is 0 Å². The second-order valence-corrected chi connectivity index (χ2v) is 3.50. The van der Waals surface area contributed by atoms with Gasteiger partial charge in [0.05, 0.1) is 11.7 Å². The topological polar surface area (TPSA) is 54.5 Å². The van der Waals surface area contributed by atoms with Crippen LogP contribution in [0.2, 0.25) is 0 Å². The van der Waals surface area contributed by atoms with E-state index in [2.05, 4.69) is 19.6 Å². The summed E-state index contributed by atoms with van der Waals surface area (Å²) >= 11 is 1.35. The number of fused-ring (bicyclic) bond motifs is 1. The summed E-state index contributed by atoms with van der Waals surface area (Å²) in [6, 6.07) is 5.95. The highest BCUT2D eigenvalue weighted by Crippen LogP contribution is 2.24. The number of nitrogens with zero attached hydrogens (tertiary/aromatic N) is 3. The molecule has 0 aliphatic rings. The van der Waals surface area contributed by atoms with Gasteiger partial charge in [-0.3, -0.25) is 5.10 Å². The first-order chi connectivity index (χ1) is 6.95. The van der Waals surface area contributed by atoms with Gasteiger partial charge in [-0.25, -0.2) is 4.98 Å². The van der Waals surface area contributed by atoms with Gasteiger partial charge in [0.1, 0.15) is 5.51 Å². The molecule has 0 aliphatic carbocycles. The summed E-state index contributed by atoms with van der Waals surface area (Å²) in [6.45, 7) is 0. The largest absolute Gasteiger partial charge is 0.278 e. The molecule has 0 aliphatic heterocycles. The summed E-state index contributed by atoms with van der Waals surface area (Å²) in [5.74, 6) is 0.766. The maximum absolute atomic E-state index is 4.21. The summed E-state index contributed by atoms with van der Waals surface area (Å²) in [5, 5.41) is 7.98. The van der Waals surface area contributed by atoms with Gasteiger partial charge in [-0.1, -0.05) is 12.1 Å². The molecule has 0 spiro atoms. The highest BCUT2D eigenvalue weighted by Gasteiger charge is 2.07. The van der Waals surface area contributed by atoms with E-state index in [1.807, 2.05) is 18.2 Å². The second-order valence-electron chi connectivity index (χ2n) is 2.89. The first-order valence-corrected chi connectivity index (χ1v) is 4.97. The molecule has 3 rings (SSSR count). The predicted octanol–water partition coefficient (Wildman–Crippen LogP) is 2.08. The Morgan fingerprint density at radius 3 is 3.14 bits per heavy atom. The summed E-state index contributed by atoms with van der Waals surface area (Å²) in [4.78, 5) is 4.18. The van der Waals surface area contributed by atoms with Crippen LogP contribution in [0.15, 0.2) is 29.9 Å². The maximum Gasteiger partial charge on any atom is 0.173 e. The minimum atomic E-state index is 0.766. The van der Waals surface area contributed by atoms with Gasteiger partial charge in [0.25, 0.3) is 0 Å². The maximum atomic E-state index is 4.21. The molecule has 0 amide bonds. The lowest BCUT2D eigenvalue weighted by Gasteiger charge is -1.95. The summed E-state index contributed by atoms with van der Waals surface area (Å²) in [5.41, 5.74) is 3.77. The molecule has 2 aromatic heterocycles. The molecule has 68 valence electrons. The van der Waals surface area contributed by atoms with E-state index >= 15 is 0 Å². The fourth-order valence-electron chi connectivity index (χ4n) is 1.45. The van der Waals surface area contributed by atoms with Crippen molar-refractivity contribution >= 4 is 22.4 Å². The summed E-state index contributed by atoms with van der Waals surface area (Å²) in [6.07, 6.45) is 1.80. The van der Waals surface area contributed by atoms with Crippen LogP contribution >= 0.6 is 11.5 Å². The molecule has 0 fully saturated rings. The Hall–Kier alpha value is -1.75. The number of hydrogen-bond donors (Lipinski definition) is 1. The highest BCUT2D eigenvalue weighted by molar-refractivity contribution is 7.03. The zero-order valence-electron chi connectivity index (χ0n) is 7.14. The third-order valence-electron chi connectivity index (χ3n) is 2.09. The molecule has 0 saturated carbocycles. The van der Waals surface area contributed by atoms with E-state index in [-0.39, 0.29) is 0 Å². The first-order valence-electron chi connectivity index (χ1n) is 4.14. The molecule has 0 radical (unpaired) electrons. The van der Waals surface area contributed by atoms with E-state index in [4.69, 9.17) is 0 Å². The molecular formula is C9H6N4S. The zero-order chi connectivity index (χ0) is 9.38. The summed E-state index contributed by atoms with van der Waals surface area (Å²) < 4.78 is 4.21. The molecule has 5 heteroatoms. The van der Waals surface area contributed by atoms with Crippen molar-refractivity contribution in [1.29, 1.82) is 0 Å². The van der Waals surface area contributed by atoms with E-state index in [1.54, 1.807) is 11.7 Å². The van der Waals surface area contributed by atoms with Crippen molar-refractivity contribution in [3.63, 3.8) is 0 Å².